The molecular formula is C14H24N4OS. The zero-order valence-corrected chi connectivity index (χ0v) is 13.3. The lowest BCUT2D eigenvalue weighted by Crippen LogP contribution is -2.42. The van der Waals surface area contributed by atoms with Crippen LogP contribution < -0.4 is 15.5 Å². The van der Waals surface area contributed by atoms with Crippen LogP contribution in [0.25, 0.3) is 0 Å². The maximum absolute atomic E-state index is 11.8. The molecule has 1 atom stereocenters. The van der Waals surface area contributed by atoms with E-state index in [0.29, 0.717) is 12.6 Å². The SMILES string of the molecule is CCN(CC)c1ncc(CNC(C)C(=O)NC2CC2)s1. The van der Waals surface area contributed by atoms with E-state index < -0.39 is 0 Å². The van der Waals surface area contributed by atoms with Gasteiger partial charge in [-0.25, -0.2) is 4.98 Å². The van der Waals surface area contributed by atoms with Gasteiger partial charge in [-0.3, -0.25) is 4.79 Å². The zero-order valence-electron chi connectivity index (χ0n) is 12.5. The van der Waals surface area contributed by atoms with E-state index in [1.165, 1.54) is 0 Å². The van der Waals surface area contributed by atoms with Crippen molar-refractivity contribution in [1.82, 2.24) is 15.6 Å². The van der Waals surface area contributed by atoms with Crippen LogP contribution in [0.1, 0.15) is 38.5 Å². The Kier molecular flexibility index (Phi) is 5.37. The van der Waals surface area contributed by atoms with Gasteiger partial charge in [0.25, 0.3) is 0 Å². The Bertz CT molecular complexity index is 440. The second-order valence-electron chi connectivity index (χ2n) is 5.17. The van der Waals surface area contributed by atoms with Gasteiger partial charge in [-0.15, -0.1) is 11.3 Å². The van der Waals surface area contributed by atoms with Crippen molar-refractivity contribution >= 4 is 22.4 Å². The summed E-state index contributed by atoms with van der Waals surface area (Å²) in [5.41, 5.74) is 0. The van der Waals surface area contributed by atoms with E-state index in [1.807, 2.05) is 13.1 Å². The van der Waals surface area contributed by atoms with Gasteiger partial charge in [0, 0.05) is 36.8 Å². The van der Waals surface area contributed by atoms with Crippen LogP contribution in [0.5, 0.6) is 0 Å². The lowest BCUT2D eigenvalue weighted by Gasteiger charge is -2.16. The van der Waals surface area contributed by atoms with E-state index >= 15 is 0 Å². The molecule has 1 unspecified atom stereocenters. The van der Waals surface area contributed by atoms with Gasteiger partial charge in [0.05, 0.1) is 6.04 Å². The molecule has 20 heavy (non-hydrogen) atoms. The van der Waals surface area contributed by atoms with Gasteiger partial charge in [0.15, 0.2) is 5.13 Å². The van der Waals surface area contributed by atoms with Gasteiger partial charge < -0.3 is 15.5 Å². The largest absolute Gasteiger partial charge is 0.352 e. The zero-order chi connectivity index (χ0) is 14.5. The number of rotatable bonds is 8. The molecule has 1 saturated carbocycles. The second kappa shape index (κ2) is 7.04. The maximum atomic E-state index is 11.8. The maximum Gasteiger partial charge on any atom is 0.237 e. The van der Waals surface area contributed by atoms with Crippen molar-refractivity contribution in [2.45, 2.75) is 52.2 Å². The van der Waals surface area contributed by atoms with Crippen LogP contribution in [0, 0.1) is 0 Å². The van der Waals surface area contributed by atoms with Gasteiger partial charge >= 0.3 is 0 Å². The summed E-state index contributed by atoms with van der Waals surface area (Å²) < 4.78 is 0. The minimum Gasteiger partial charge on any atom is -0.352 e. The molecule has 6 heteroatoms. The van der Waals surface area contributed by atoms with Crippen molar-refractivity contribution in [3.8, 4) is 0 Å². The molecule has 0 radical (unpaired) electrons. The van der Waals surface area contributed by atoms with Crippen LogP contribution in [0.2, 0.25) is 0 Å². The number of carbonyl (C=O) groups excluding carboxylic acids is 1. The van der Waals surface area contributed by atoms with Crippen molar-refractivity contribution < 1.29 is 4.79 Å². The summed E-state index contributed by atoms with van der Waals surface area (Å²) in [7, 11) is 0. The van der Waals surface area contributed by atoms with Crippen molar-refractivity contribution in [2.24, 2.45) is 0 Å². The van der Waals surface area contributed by atoms with Crippen molar-refractivity contribution in [2.75, 3.05) is 18.0 Å². The van der Waals surface area contributed by atoms with Crippen LogP contribution >= 0.6 is 11.3 Å². The first-order valence-corrected chi connectivity index (χ1v) is 8.19. The first-order chi connectivity index (χ1) is 9.63. The molecule has 1 aromatic heterocycles. The first-order valence-electron chi connectivity index (χ1n) is 7.37. The third-order valence-electron chi connectivity index (χ3n) is 3.47. The van der Waals surface area contributed by atoms with Crippen LogP contribution in [-0.2, 0) is 11.3 Å². The summed E-state index contributed by atoms with van der Waals surface area (Å²) in [6.45, 7) is 8.80. The molecule has 1 heterocycles. The predicted octanol–water partition coefficient (Wildman–Crippen LogP) is 1.75. The molecule has 0 bridgehead atoms. The van der Waals surface area contributed by atoms with Crippen LogP contribution in [-0.4, -0.2) is 36.1 Å². The summed E-state index contributed by atoms with van der Waals surface area (Å²) in [5.74, 6) is 0.0981. The Morgan fingerprint density at radius 1 is 1.50 bits per heavy atom. The first kappa shape index (κ1) is 15.3. The quantitative estimate of drug-likeness (QED) is 0.767. The molecule has 0 saturated heterocycles. The summed E-state index contributed by atoms with van der Waals surface area (Å²) in [6.07, 6.45) is 4.15. The topological polar surface area (TPSA) is 57.3 Å². The van der Waals surface area contributed by atoms with E-state index in [1.54, 1.807) is 11.3 Å². The van der Waals surface area contributed by atoms with Gasteiger partial charge in [0.2, 0.25) is 5.91 Å². The summed E-state index contributed by atoms with van der Waals surface area (Å²) in [4.78, 5) is 19.7. The monoisotopic (exact) mass is 296 g/mol. The predicted molar refractivity (Wildman–Crippen MR) is 83.1 cm³/mol. The Morgan fingerprint density at radius 3 is 2.80 bits per heavy atom. The molecular weight excluding hydrogens is 272 g/mol. The van der Waals surface area contributed by atoms with Crippen molar-refractivity contribution in [3.63, 3.8) is 0 Å². The van der Waals surface area contributed by atoms with E-state index in [9.17, 15) is 4.79 Å². The Labute approximate surface area is 124 Å². The summed E-state index contributed by atoms with van der Waals surface area (Å²) >= 11 is 1.69. The highest BCUT2D eigenvalue weighted by Gasteiger charge is 2.25. The van der Waals surface area contributed by atoms with E-state index in [0.717, 1.165) is 35.9 Å². The molecule has 1 fully saturated rings. The standard InChI is InChI=1S/C14H24N4OS/c1-4-18(5-2)14-16-9-12(20-14)8-15-10(3)13(19)17-11-6-7-11/h9-11,15H,4-8H2,1-3H3,(H,17,19). The number of carbonyl (C=O) groups is 1. The van der Waals surface area contributed by atoms with Gasteiger partial charge in [-0.2, -0.15) is 0 Å². The Balaban J connectivity index is 1.79. The fraction of sp³-hybridized carbons (Fsp3) is 0.714. The van der Waals surface area contributed by atoms with E-state index in [-0.39, 0.29) is 11.9 Å². The molecule has 2 rings (SSSR count). The minimum absolute atomic E-state index is 0.0981. The fourth-order valence-electron chi connectivity index (χ4n) is 1.92. The third-order valence-corrected chi connectivity index (χ3v) is 4.53. The molecule has 2 N–H and O–H groups in total. The Hall–Kier alpha value is -1.14. The Morgan fingerprint density at radius 2 is 2.20 bits per heavy atom. The minimum atomic E-state index is -0.158. The highest BCUT2D eigenvalue weighted by molar-refractivity contribution is 7.15. The number of aromatic nitrogens is 1. The molecule has 1 aliphatic rings. The van der Waals surface area contributed by atoms with Crippen LogP contribution in [0.3, 0.4) is 0 Å². The van der Waals surface area contributed by atoms with E-state index in [2.05, 4.69) is 34.4 Å². The summed E-state index contributed by atoms with van der Waals surface area (Å²) in [6, 6.07) is 0.263. The van der Waals surface area contributed by atoms with Crippen molar-refractivity contribution in [3.05, 3.63) is 11.1 Å². The molecule has 112 valence electrons. The average Bonchev–Trinajstić information content (AvgIpc) is 3.14. The van der Waals surface area contributed by atoms with Crippen LogP contribution in [0.4, 0.5) is 5.13 Å². The lowest BCUT2D eigenvalue weighted by molar-refractivity contribution is -0.122. The molecule has 1 aliphatic carbocycles. The van der Waals surface area contributed by atoms with Crippen LogP contribution in [0.15, 0.2) is 6.20 Å². The molecule has 5 nitrogen and oxygen atoms in total. The number of amides is 1. The van der Waals surface area contributed by atoms with Gasteiger partial charge in [-0.05, 0) is 33.6 Å². The molecule has 0 aromatic carbocycles. The number of nitrogens with one attached hydrogen (secondary N) is 2. The van der Waals surface area contributed by atoms with Crippen molar-refractivity contribution in [1.29, 1.82) is 0 Å². The normalized spacial score (nSPS) is 15.9. The number of nitrogens with zero attached hydrogens (tertiary/aromatic N) is 2. The molecule has 0 spiro atoms. The average molecular weight is 296 g/mol. The summed E-state index contributed by atoms with van der Waals surface area (Å²) in [5, 5.41) is 7.33. The highest BCUT2D eigenvalue weighted by Crippen LogP contribution is 2.22. The fourth-order valence-corrected chi connectivity index (χ4v) is 2.91. The number of thiazole rings is 1. The van der Waals surface area contributed by atoms with Gasteiger partial charge in [-0.1, -0.05) is 0 Å². The number of hydrogen-bond acceptors (Lipinski definition) is 5. The lowest BCUT2D eigenvalue weighted by atomic mass is 10.3. The highest BCUT2D eigenvalue weighted by atomic mass is 32.1. The molecule has 1 aromatic rings. The third kappa shape index (κ3) is 4.18. The van der Waals surface area contributed by atoms with E-state index in [4.69, 9.17) is 0 Å². The molecule has 0 aliphatic heterocycles. The molecule has 1 amide bonds. The van der Waals surface area contributed by atoms with Gasteiger partial charge in [0.1, 0.15) is 0 Å². The smallest absolute Gasteiger partial charge is 0.237 e. The number of anilines is 1. The second-order valence-corrected chi connectivity index (χ2v) is 6.26. The number of hydrogen-bond donors (Lipinski definition) is 2.